The zero-order valence-corrected chi connectivity index (χ0v) is 16.6. The molecule has 0 unspecified atom stereocenters. The minimum absolute atomic E-state index is 0. The molecular formula is C22H27ClN2O2. The summed E-state index contributed by atoms with van der Waals surface area (Å²) in [5.74, 6) is 0.0127. The largest absolute Gasteiger partial charge is 0.398 e. The monoisotopic (exact) mass is 386 g/mol. The number of nitrogen functional groups attached to an aromatic ring is 1. The molecule has 0 saturated heterocycles. The number of rotatable bonds is 6. The van der Waals surface area contributed by atoms with Crippen molar-refractivity contribution < 1.29 is 9.59 Å². The van der Waals surface area contributed by atoms with Crippen LogP contribution in [-0.2, 0) is 17.6 Å². The number of Topliss-reactive ketones (excluding diaryl/α,β-unsaturated/α-hetero) is 1. The number of carbonyl (C=O) groups excluding carboxylic acids is 2. The van der Waals surface area contributed by atoms with E-state index in [0.29, 0.717) is 12.1 Å². The van der Waals surface area contributed by atoms with Gasteiger partial charge in [-0.25, -0.2) is 0 Å². The zero-order valence-electron chi connectivity index (χ0n) is 15.7. The average Bonchev–Trinajstić information content (AvgIpc) is 2.66. The number of hydrogen-bond acceptors (Lipinski definition) is 3. The van der Waals surface area contributed by atoms with Crippen LogP contribution in [0, 0.1) is 0 Å². The smallest absolute Gasteiger partial charge is 0.227 e. The third-order valence-electron chi connectivity index (χ3n) is 4.97. The molecule has 1 heterocycles. The fourth-order valence-corrected chi connectivity index (χ4v) is 3.56. The van der Waals surface area contributed by atoms with Crippen molar-refractivity contribution in [2.45, 2.75) is 45.4 Å². The Balaban J connectivity index is 0.00000261. The molecule has 2 aromatic carbocycles. The summed E-state index contributed by atoms with van der Waals surface area (Å²) >= 11 is 0. The highest BCUT2D eigenvalue weighted by Crippen LogP contribution is 2.31. The van der Waals surface area contributed by atoms with Crippen LogP contribution < -0.4 is 10.6 Å². The van der Waals surface area contributed by atoms with Crippen molar-refractivity contribution in [3.63, 3.8) is 0 Å². The molecule has 0 radical (unpaired) electrons. The van der Waals surface area contributed by atoms with Crippen LogP contribution in [0.4, 0.5) is 11.4 Å². The zero-order chi connectivity index (χ0) is 18.5. The van der Waals surface area contributed by atoms with E-state index in [1.54, 1.807) is 4.90 Å². The fourth-order valence-electron chi connectivity index (χ4n) is 3.56. The van der Waals surface area contributed by atoms with Gasteiger partial charge in [-0.2, -0.15) is 0 Å². The van der Waals surface area contributed by atoms with Crippen molar-refractivity contribution in [3.05, 3.63) is 59.2 Å². The quantitative estimate of drug-likeness (QED) is 0.583. The second-order valence-electron chi connectivity index (χ2n) is 6.86. The number of nitrogens with zero attached hydrogens (tertiary/aromatic N) is 1. The molecule has 0 atom stereocenters. The fraction of sp³-hybridized carbons (Fsp3) is 0.364. The number of anilines is 2. The highest BCUT2D eigenvalue weighted by atomic mass is 35.5. The van der Waals surface area contributed by atoms with Crippen molar-refractivity contribution in [1.29, 1.82) is 0 Å². The van der Waals surface area contributed by atoms with E-state index in [-0.39, 0.29) is 36.9 Å². The molecule has 3 rings (SSSR count). The lowest BCUT2D eigenvalue weighted by Gasteiger charge is -2.30. The van der Waals surface area contributed by atoms with Gasteiger partial charge >= 0.3 is 0 Å². The maximum absolute atomic E-state index is 12.7. The summed E-state index contributed by atoms with van der Waals surface area (Å²) in [6.45, 7) is 2.83. The highest BCUT2D eigenvalue weighted by Gasteiger charge is 2.24. The molecule has 0 saturated carbocycles. The Bertz CT molecular complexity index is 802. The number of benzene rings is 2. The summed E-state index contributed by atoms with van der Waals surface area (Å²) < 4.78 is 0. The van der Waals surface area contributed by atoms with Crippen LogP contribution in [0.15, 0.2) is 42.5 Å². The second kappa shape index (κ2) is 9.56. The van der Waals surface area contributed by atoms with Crippen LogP contribution in [0.25, 0.3) is 0 Å². The average molecular weight is 387 g/mol. The van der Waals surface area contributed by atoms with Crippen LogP contribution in [0.1, 0.15) is 54.1 Å². The van der Waals surface area contributed by atoms with E-state index in [4.69, 9.17) is 5.73 Å². The number of amides is 1. The summed E-state index contributed by atoms with van der Waals surface area (Å²) in [7, 11) is 0. The molecule has 1 aliphatic rings. The molecule has 27 heavy (non-hydrogen) atoms. The summed E-state index contributed by atoms with van der Waals surface area (Å²) in [6.07, 6.45) is 4.37. The predicted molar refractivity (Wildman–Crippen MR) is 113 cm³/mol. The van der Waals surface area contributed by atoms with Crippen LogP contribution in [0.2, 0.25) is 0 Å². The first-order valence-electron chi connectivity index (χ1n) is 9.40. The van der Waals surface area contributed by atoms with E-state index < -0.39 is 0 Å². The molecule has 0 fully saturated rings. The highest BCUT2D eigenvalue weighted by molar-refractivity contribution is 6.01. The van der Waals surface area contributed by atoms with E-state index in [1.807, 2.05) is 42.5 Å². The van der Waals surface area contributed by atoms with Crippen molar-refractivity contribution >= 4 is 35.5 Å². The van der Waals surface area contributed by atoms with Gasteiger partial charge in [-0.05, 0) is 42.5 Å². The number of aryl methyl sites for hydroxylation is 1. The van der Waals surface area contributed by atoms with Crippen LogP contribution in [0.3, 0.4) is 0 Å². The van der Waals surface area contributed by atoms with Crippen molar-refractivity contribution in [2.75, 3.05) is 17.2 Å². The van der Waals surface area contributed by atoms with Gasteiger partial charge < -0.3 is 10.6 Å². The number of hydrogen-bond donors (Lipinski definition) is 1. The minimum Gasteiger partial charge on any atom is -0.398 e. The summed E-state index contributed by atoms with van der Waals surface area (Å²) in [5, 5.41) is 0. The van der Waals surface area contributed by atoms with Crippen molar-refractivity contribution in [1.82, 2.24) is 0 Å². The van der Waals surface area contributed by atoms with Gasteiger partial charge in [-0.15, -0.1) is 12.4 Å². The summed E-state index contributed by atoms with van der Waals surface area (Å²) in [4.78, 5) is 26.9. The Morgan fingerprint density at radius 3 is 2.52 bits per heavy atom. The molecule has 1 aliphatic heterocycles. The third-order valence-corrected chi connectivity index (χ3v) is 4.97. The third kappa shape index (κ3) is 4.89. The lowest BCUT2D eigenvalue weighted by atomic mass is 9.98. The van der Waals surface area contributed by atoms with Gasteiger partial charge in [0.25, 0.3) is 0 Å². The Labute approximate surface area is 167 Å². The van der Waals surface area contributed by atoms with Gasteiger partial charge in [0, 0.05) is 36.3 Å². The Morgan fingerprint density at radius 1 is 1.07 bits per heavy atom. The number of halogens is 1. The Morgan fingerprint density at radius 2 is 1.81 bits per heavy atom. The number of nitrogens with two attached hydrogens (primary N) is 1. The van der Waals surface area contributed by atoms with E-state index in [2.05, 4.69) is 6.92 Å². The first-order chi connectivity index (χ1) is 12.6. The van der Waals surface area contributed by atoms with E-state index in [9.17, 15) is 9.59 Å². The topological polar surface area (TPSA) is 63.4 Å². The molecule has 0 spiro atoms. The second-order valence-corrected chi connectivity index (χ2v) is 6.86. The minimum atomic E-state index is -0.00694. The Hall–Kier alpha value is -2.33. The van der Waals surface area contributed by atoms with Gasteiger partial charge in [-0.3, -0.25) is 9.59 Å². The van der Waals surface area contributed by atoms with Crippen LogP contribution >= 0.6 is 12.4 Å². The van der Waals surface area contributed by atoms with Gasteiger partial charge in [-0.1, -0.05) is 43.7 Å². The standard InChI is InChI=1S/C22H26N2O2.ClH/c1-2-5-16-9-11-17(12-10-16)21(25)13-14-22(26)24-15-4-6-18-19(23)7-3-8-20(18)24;/h3,7-12H,2,4-6,13-15,23H2,1H3;1H. The van der Waals surface area contributed by atoms with Crippen LogP contribution in [-0.4, -0.2) is 18.2 Å². The van der Waals surface area contributed by atoms with Crippen LogP contribution in [0.5, 0.6) is 0 Å². The first kappa shape index (κ1) is 21.0. The first-order valence-corrected chi connectivity index (χ1v) is 9.40. The van der Waals surface area contributed by atoms with Crippen molar-refractivity contribution in [2.24, 2.45) is 0 Å². The van der Waals surface area contributed by atoms with Gasteiger partial charge in [0.2, 0.25) is 5.91 Å². The molecule has 0 bridgehead atoms. The summed E-state index contributed by atoms with van der Waals surface area (Å²) in [5.41, 5.74) is 10.6. The molecule has 0 aromatic heterocycles. The maximum atomic E-state index is 12.7. The number of ketones is 1. The normalized spacial score (nSPS) is 12.9. The molecular weight excluding hydrogens is 360 g/mol. The lowest BCUT2D eigenvalue weighted by molar-refractivity contribution is -0.118. The molecule has 144 valence electrons. The van der Waals surface area contributed by atoms with E-state index in [0.717, 1.165) is 42.6 Å². The van der Waals surface area contributed by atoms with Gasteiger partial charge in [0.1, 0.15) is 0 Å². The molecule has 2 N–H and O–H groups in total. The molecule has 1 amide bonds. The number of fused-ring (bicyclic) bond motifs is 1. The maximum Gasteiger partial charge on any atom is 0.227 e. The lowest BCUT2D eigenvalue weighted by Crippen LogP contribution is -2.35. The molecule has 4 nitrogen and oxygen atoms in total. The molecule has 0 aliphatic carbocycles. The predicted octanol–water partition coefficient (Wildman–Crippen LogP) is 4.59. The number of carbonyl (C=O) groups is 2. The van der Waals surface area contributed by atoms with E-state index in [1.165, 1.54) is 5.56 Å². The van der Waals surface area contributed by atoms with Crippen molar-refractivity contribution in [3.8, 4) is 0 Å². The Kier molecular flexibility index (Phi) is 7.43. The molecule has 5 heteroatoms. The summed E-state index contributed by atoms with van der Waals surface area (Å²) in [6, 6.07) is 13.4. The van der Waals surface area contributed by atoms with E-state index >= 15 is 0 Å². The SMILES string of the molecule is CCCc1ccc(C(=O)CCC(=O)N2CCCc3c(N)cccc32)cc1.Cl. The van der Waals surface area contributed by atoms with Gasteiger partial charge in [0.05, 0.1) is 0 Å². The molecule has 2 aromatic rings. The van der Waals surface area contributed by atoms with Gasteiger partial charge in [0.15, 0.2) is 5.78 Å².